The predicted octanol–water partition coefficient (Wildman–Crippen LogP) is 1.63. The summed E-state index contributed by atoms with van der Waals surface area (Å²) < 4.78 is 5.93. The van der Waals surface area contributed by atoms with Gasteiger partial charge in [0.25, 0.3) is 5.91 Å². The zero-order valence-corrected chi connectivity index (χ0v) is 13.0. The first kappa shape index (κ1) is 15.2. The molecule has 6 nitrogen and oxygen atoms in total. The lowest BCUT2D eigenvalue weighted by Gasteiger charge is -2.32. The molecule has 0 atom stereocenters. The van der Waals surface area contributed by atoms with Crippen LogP contribution in [0.15, 0.2) is 16.7 Å². The summed E-state index contributed by atoms with van der Waals surface area (Å²) in [6.07, 6.45) is 3.54. The Labute approximate surface area is 126 Å². The van der Waals surface area contributed by atoms with Crippen molar-refractivity contribution in [2.75, 3.05) is 32.2 Å². The molecule has 3 N–H and O–H groups in total. The van der Waals surface area contributed by atoms with E-state index < -0.39 is 0 Å². The number of nitrogen functional groups attached to an aromatic ring is 1. The lowest BCUT2D eigenvalue weighted by molar-refractivity contribution is 0.0614. The van der Waals surface area contributed by atoms with Gasteiger partial charge in [-0.2, -0.15) is 0 Å². The SMILES string of the molecule is COCC1CCN(C(=O)c2cc(Br)cnc2NN)CC1. The van der Waals surface area contributed by atoms with Gasteiger partial charge in [-0.3, -0.25) is 4.79 Å². The van der Waals surface area contributed by atoms with Crippen molar-refractivity contribution in [3.8, 4) is 0 Å². The van der Waals surface area contributed by atoms with Crippen LogP contribution in [0.5, 0.6) is 0 Å². The van der Waals surface area contributed by atoms with E-state index in [0.29, 0.717) is 17.3 Å². The van der Waals surface area contributed by atoms with Crippen molar-refractivity contribution >= 4 is 27.7 Å². The Morgan fingerprint density at radius 1 is 1.60 bits per heavy atom. The minimum absolute atomic E-state index is 0.0392. The van der Waals surface area contributed by atoms with Gasteiger partial charge in [-0.1, -0.05) is 0 Å². The number of nitrogens with two attached hydrogens (primary N) is 1. The lowest BCUT2D eigenvalue weighted by Crippen LogP contribution is -2.39. The van der Waals surface area contributed by atoms with Crippen LogP contribution in [0, 0.1) is 5.92 Å². The summed E-state index contributed by atoms with van der Waals surface area (Å²) in [7, 11) is 1.71. The third kappa shape index (κ3) is 3.47. The highest BCUT2D eigenvalue weighted by Gasteiger charge is 2.25. The molecule has 1 aromatic rings. The average Bonchev–Trinajstić information content (AvgIpc) is 2.47. The zero-order valence-electron chi connectivity index (χ0n) is 11.4. The molecule has 7 heteroatoms. The molecule has 1 amide bonds. The molecule has 0 aromatic carbocycles. The summed E-state index contributed by atoms with van der Waals surface area (Å²) in [6.45, 7) is 2.24. The van der Waals surface area contributed by atoms with Gasteiger partial charge in [-0.05, 0) is 40.8 Å². The molecule has 1 fully saturated rings. The molecule has 0 aliphatic carbocycles. The number of hydrogen-bond donors (Lipinski definition) is 2. The average molecular weight is 343 g/mol. The van der Waals surface area contributed by atoms with E-state index in [1.54, 1.807) is 19.4 Å². The summed E-state index contributed by atoms with van der Waals surface area (Å²) in [6, 6.07) is 1.74. The number of piperidine rings is 1. The molecular formula is C13H19BrN4O2. The van der Waals surface area contributed by atoms with E-state index in [1.165, 1.54) is 0 Å². The largest absolute Gasteiger partial charge is 0.384 e. The maximum atomic E-state index is 12.5. The Morgan fingerprint density at radius 3 is 2.90 bits per heavy atom. The van der Waals surface area contributed by atoms with Crippen LogP contribution in [0.2, 0.25) is 0 Å². The smallest absolute Gasteiger partial charge is 0.257 e. The van der Waals surface area contributed by atoms with Gasteiger partial charge in [0, 0.05) is 37.5 Å². The first-order valence-electron chi connectivity index (χ1n) is 6.56. The summed E-state index contributed by atoms with van der Waals surface area (Å²) in [5.41, 5.74) is 2.97. The molecule has 1 aliphatic heterocycles. The van der Waals surface area contributed by atoms with Crippen molar-refractivity contribution in [3.05, 3.63) is 22.3 Å². The van der Waals surface area contributed by atoms with Gasteiger partial charge in [-0.25, -0.2) is 10.8 Å². The Kier molecular flexibility index (Phi) is 5.33. The van der Waals surface area contributed by atoms with E-state index in [-0.39, 0.29) is 5.91 Å². The standard InChI is InChI=1S/C13H19BrN4O2/c1-20-8-9-2-4-18(5-3-9)13(19)11-6-10(14)7-16-12(11)17-15/h6-7,9H,2-5,8,15H2,1H3,(H,16,17). The fraction of sp³-hybridized carbons (Fsp3) is 0.538. The van der Waals surface area contributed by atoms with Crippen molar-refractivity contribution in [1.82, 2.24) is 9.88 Å². The number of nitrogens with zero attached hydrogens (tertiary/aromatic N) is 2. The van der Waals surface area contributed by atoms with Crippen LogP contribution >= 0.6 is 15.9 Å². The van der Waals surface area contributed by atoms with Crippen LogP contribution in [0.4, 0.5) is 5.82 Å². The molecule has 0 spiro atoms. The number of hydrazine groups is 1. The second kappa shape index (κ2) is 7.01. The van der Waals surface area contributed by atoms with E-state index in [2.05, 4.69) is 26.3 Å². The highest BCUT2D eigenvalue weighted by molar-refractivity contribution is 9.10. The van der Waals surface area contributed by atoms with Crippen LogP contribution in [0.1, 0.15) is 23.2 Å². The van der Waals surface area contributed by atoms with Gasteiger partial charge < -0.3 is 15.1 Å². The van der Waals surface area contributed by atoms with Crippen LogP contribution in [0.3, 0.4) is 0 Å². The summed E-state index contributed by atoms with van der Waals surface area (Å²) in [5, 5.41) is 0. The number of amides is 1. The highest BCUT2D eigenvalue weighted by atomic mass is 79.9. The number of ether oxygens (including phenoxy) is 1. The second-order valence-electron chi connectivity index (χ2n) is 4.88. The number of carbonyl (C=O) groups excluding carboxylic acids is 1. The molecule has 1 saturated heterocycles. The lowest BCUT2D eigenvalue weighted by atomic mass is 9.97. The Bertz CT molecular complexity index is 475. The first-order valence-corrected chi connectivity index (χ1v) is 7.35. The summed E-state index contributed by atoms with van der Waals surface area (Å²) in [4.78, 5) is 18.5. The van der Waals surface area contributed by atoms with E-state index in [0.717, 1.165) is 37.0 Å². The van der Waals surface area contributed by atoms with Crippen LogP contribution in [-0.2, 0) is 4.74 Å². The molecule has 0 saturated carbocycles. The molecule has 2 rings (SSSR count). The van der Waals surface area contributed by atoms with Gasteiger partial charge in [0.05, 0.1) is 5.56 Å². The first-order chi connectivity index (χ1) is 9.65. The van der Waals surface area contributed by atoms with E-state index in [4.69, 9.17) is 10.6 Å². The van der Waals surface area contributed by atoms with Crippen molar-refractivity contribution in [2.24, 2.45) is 11.8 Å². The minimum atomic E-state index is -0.0392. The maximum Gasteiger partial charge on any atom is 0.257 e. The number of hydrogen-bond acceptors (Lipinski definition) is 5. The number of likely N-dealkylation sites (tertiary alicyclic amines) is 1. The molecule has 0 unspecified atom stereocenters. The number of methoxy groups -OCH3 is 1. The molecule has 2 heterocycles. The quantitative estimate of drug-likeness (QED) is 0.642. The molecule has 1 aromatic heterocycles. The molecule has 110 valence electrons. The predicted molar refractivity (Wildman–Crippen MR) is 80.3 cm³/mol. The molecule has 0 radical (unpaired) electrons. The summed E-state index contributed by atoms with van der Waals surface area (Å²) >= 11 is 3.33. The fourth-order valence-corrected chi connectivity index (χ4v) is 2.76. The molecule has 0 bridgehead atoms. The Morgan fingerprint density at radius 2 is 2.30 bits per heavy atom. The number of halogens is 1. The third-order valence-corrected chi connectivity index (χ3v) is 3.96. The van der Waals surface area contributed by atoms with Gasteiger partial charge in [0.15, 0.2) is 5.82 Å². The molecule has 20 heavy (non-hydrogen) atoms. The Balaban J connectivity index is 2.07. The topological polar surface area (TPSA) is 80.5 Å². The monoisotopic (exact) mass is 342 g/mol. The zero-order chi connectivity index (χ0) is 14.5. The number of nitrogens with one attached hydrogen (secondary N) is 1. The van der Waals surface area contributed by atoms with Crippen LogP contribution in [-0.4, -0.2) is 42.6 Å². The minimum Gasteiger partial charge on any atom is -0.384 e. The van der Waals surface area contributed by atoms with Gasteiger partial charge >= 0.3 is 0 Å². The van der Waals surface area contributed by atoms with E-state index in [9.17, 15) is 4.79 Å². The van der Waals surface area contributed by atoms with Gasteiger partial charge in [-0.15, -0.1) is 0 Å². The number of pyridine rings is 1. The van der Waals surface area contributed by atoms with Crippen molar-refractivity contribution in [2.45, 2.75) is 12.8 Å². The maximum absolute atomic E-state index is 12.5. The highest BCUT2D eigenvalue weighted by Crippen LogP contribution is 2.23. The van der Waals surface area contributed by atoms with Crippen LogP contribution < -0.4 is 11.3 Å². The number of anilines is 1. The third-order valence-electron chi connectivity index (χ3n) is 3.53. The van der Waals surface area contributed by atoms with E-state index in [1.807, 2.05) is 4.90 Å². The van der Waals surface area contributed by atoms with Crippen molar-refractivity contribution in [1.29, 1.82) is 0 Å². The van der Waals surface area contributed by atoms with E-state index >= 15 is 0 Å². The normalized spacial score (nSPS) is 16.2. The fourth-order valence-electron chi connectivity index (χ4n) is 2.43. The van der Waals surface area contributed by atoms with Crippen molar-refractivity contribution < 1.29 is 9.53 Å². The Hall–Kier alpha value is -1.18. The summed E-state index contributed by atoms with van der Waals surface area (Å²) in [5.74, 6) is 6.31. The molecule has 1 aliphatic rings. The van der Waals surface area contributed by atoms with Gasteiger partial charge in [0.2, 0.25) is 0 Å². The second-order valence-corrected chi connectivity index (χ2v) is 5.80. The van der Waals surface area contributed by atoms with Crippen molar-refractivity contribution in [3.63, 3.8) is 0 Å². The number of rotatable bonds is 4. The number of aromatic nitrogens is 1. The number of carbonyl (C=O) groups is 1. The molecular weight excluding hydrogens is 324 g/mol. The van der Waals surface area contributed by atoms with Gasteiger partial charge in [0.1, 0.15) is 0 Å². The van der Waals surface area contributed by atoms with Crippen LogP contribution in [0.25, 0.3) is 0 Å².